The number of amides is 1. The van der Waals surface area contributed by atoms with Crippen molar-refractivity contribution in [1.82, 2.24) is 4.98 Å². The van der Waals surface area contributed by atoms with Crippen LogP contribution in [0.3, 0.4) is 0 Å². The quantitative estimate of drug-likeness (QED) is 0.437. The van der Waals surface area contributed by atoms with Crippen LogP contribution in [0.15, 0.2) is 65.5 Å². The molecule has 0 aliphatic rings. The first-order chi connectivity index (χ1) is 14.1. The van der Waals surface area contributed by atoms with Crippen molar-refractivity contribution in [3.63, 3.8) is 0 Å². The highest BCUT2D eigenvalue weighted by atomic mass is 32.1. The van der Waals surface area contributed by atoms with Gasteiger partial charge in [-0.3, -0.25) is 4.79 Å². The van der Waals surface area contributed by atoms with E-state index in [9.17, 15) is 9.59 Å². The zero-order chi connectivity index (χ0) is 20.5. The van der Waals surface area contributed by atoms with Gasteiger partial charge in [0.25, 0.3) is 5.91 Å². The van der Waals surface area contributed by atoms with Crippen LogP contribution < -0.4 is 10.1 Å². The van der Waals surface area contributed by atoms with Crippen molar-refractivity contribution in [2.75, 3.05) is 11.9 Å². The summed E-state index contributed by atoms with van der Waals surface area (Å²) in [7, 11) is 0. The van der Waals surface area contributed by atoms with E-state index in [1.165, 1.54) is 17.4 Å². The van der Waals surface area contributed by atoms with Crippen molar-refractivity contribution in [3.05, 3.63) is 82.3 Å². The standard InChI is InChI=1S/C22H20N2O4S/c1-2-27-21(25)12-5-16-3-8-18(9-4-16)24-22(26)17-6-10-20(11-7-17)28-13-19-14-29-15-23-19/h3-12,14-15H,2,13H2,1H3,(H,24,26). The maximum Gasteiger partial charge on any atom is 0.330 e. The van der Waals surface area contributed by atoms with E-state index in [2.05, 4.69) is 10.3 Å². The van der Waals surface area contributed by atoms with Crippen LogP contribution in [0.4, 0.5) is 5.69 Å². The Morgan fingerprint density at radius 3 is 2.52 bits per heavy atom. The number of nitrogens with one attached hydrogen (secondary N) is 1. The van der Waals surface area contributed by atoms with E-state index in [1.807, 2.05) is 5.38 Å². The topological polar surface area (TPSA) is 77.5 Å². The number of thiazole rings is 1. The summed E-state index contributed by atoms with van der Waals surface area (Å²) < 4.78 is 10.5. The van der Waals surface area contributed by atoms with Gasteiger partial charge in [-0.05, 0) is 55.0 Å². The molecule has 0 fully saturated rings. The molecule has 1 amide bonds. The van der Waals surface area contributed by atoms with Gasteiger partial charge in [0.1, 0.15) is 12.4 Å². The molecular weight excluding hydrogens is 388 g/mol. The van der Waals surface area contributed by atoms with Crippen molar-refractivity contribution in [2.45, 2.75) is 13.5 Å². The Morgan fingerprint density at radius 2 is 1.86 bits per heavy atom. The molecule has 0 radical (unpaired) electrons. The Bertz CT molecular complexity index is 965. The number of aromatic nitrogens is 1. The number of esters is 1. The van der Waals surface area contributed by atoms with Crippen LogP contribution in [0.25, 0.3) is 6.08 Å². The SMILES string of the molecule is CCOC(=O)C=Cc1ccc(NC(=O)c2ccc(OCc3cscn3)cc2)cc1. The third-order valence-electron chi connectivity index (χ3n) is 3.85. The molecule has 0 bridgehead atoms. The molecule has 7 heteroatoms. The molecule has 0 aliphatic carbocycles. The summed E-state index contributed by atoms with van der Waals surface area (Å²) in [6.07, 6.45) is 3.03. The molecule has 2 aromatic carbocycles. The molecule has 3 aromatic rings. The summed E-state index contributed by atoms with van der Waals surface area (Å²) in [5.41, 5.74) is 4.65. The van der Waals surface area contributed by atoms with Gasteiger partial charge in [0.05, 0.1) is 17.8 Å². The smallest absolute Gasteiger partial charge is 0.330 e. The first kappa shape index (κ1) is 20.3. The lowest BCUT2D eigenvalue weighted by Crippen LogP contribution is -2.11. The molecule has 6 nitrogen and oxygen atoms in total. The lowest BCUT2D eigenvalue weighted by molar-refractivity contribution is -0.137. The molecule has 1 N–H and O–H groups in total. The predicted molar refractivity (Wildman–Crippen MR) is 113 cm³/mol. The number of carbonyl (C=O) groups excluding carboxylic acids is 2. The summed E-state index contributed by atoms with van der Waals surface area (Å²) in [5.74, 6) is 0.0713. The molecule has 29 heavy (non-hydrogen) atoms. The van der Waals surface area contributed by atoms with E-state index in [1.54, 1.807) is 67.0 Å². The normalized spacial score (nSPS) is 10.7. The average Bonchev–Trinajstić information content (AvgIpc) is 3.26. The third kappa shape index (κ3) is 6.29. The number of carbonyl (C=O) groups is 2. The fourth-order valence-electron chi connectivity index (χ4n) is 2.40. The Balaban J connectivity index is 1.53. The Morgan fingerprint density at radius 1 is 1.10 bits per heavy atom. The minimum absolute atomic E-state index is 0.217. The number of nitrogens with zero attached hydrogens (tertiary/aromatic N) is 1. The summed E-state index contributed by atoms with van der Waals surface area (Å²) in [4.78, 5) is 27.9. The van der Waals surface area contributed by atoms with Crippen LogP contribution in [-0.4, -0.2) is 23.5 Å². The second kappa shape index (κ2) is 10.2. The summed E-state index contributed by atoms with van der Waals surface area (Å²) in [6, 6.07) is 14.1. The predicted octanol–water partition coefficient (Wildman–Crippen LogP) is 4.55. The van der Waals surface area contributed by atoms with Gasteiger partial charge in [0, 0.05) is 22.7 Å². The van der Waals surface area contributed by atoms with E-state index in [0.29, 0.717) is 30.2 Å². The highest BCUT2D eigenvalue weighted by Gasteiger charge is 2.07. The second-order valence-corrected chi connectivity index (χ2v) is 6.67. The summed E-state index contributed by atoms with van der Waals surface area (Å²) in [5, 5.41) is 4.77. The molecule has 0 spiro atoms. The van der Waals surface area contributed by atoms with Crippen LogP contribution in [-0.2, 0) is 16.1 Å². The lowest BCUT2D eigenvalue weighted by Gasteiger charge is -2.07. The van der Waals surface area contributed by atoms with Crippen LogP contribution >= 0.6 is 11.3 Å². The molecule has 148 valence electrons. The van der Waals surface area contributed by atoms with Gasteiger partial charge < -0.3 is 14.8 Å². The second-order valence-electron chi connectivity index (χ2n) is 5.95. The van der Waals surface area contributed by atoms with Crippen molar-refractivity contribution >= 4 is 35.0 Å². The Kier molecular flexibility index (Phi) is 7.13. The molecule has 1 heterocycles. The molecule has 0 aliphatic heterocycles. The van der Waals surface area contributed by atoms with E-state index < -0.39 is 0 Å². The van der Waals surface area contributed by atoms with Crippen molar-refractivity contribution < 1.29 is 19.1 Å². The van der Waals surface area contributed by atoms with Gasteiger partial charge in [-0.25, -0.2) is 9.78 Å². The summed E-state index contributed by atoms with van der Waals surface area (Å²) in [6.45, 7) is 2.49. The minimum Gasteiger partial charge on any atom is -0.487 e. The number of hydrogen-bond acceptors (Lipinski definition) is 6. The van der Waals surface area contributed by atoms with Gasteiger partial charge in [-0.1, -0.05) is 12.1 Å². The van der Waals surface area contributed by atoms with Gasteiger partial charge >= 0.3 is 5.97 Å². The molecule has 0 atom stereocenters. The lowest BCUT2D eigenvalue weighted by atomic mass is 10.1. The largest absolute Gasteiger partial charge is 0.487 e. The zero-order valence-corrected chi connectivity index (χ0v) is 16.6. The molecule has 0 saturated carbocycles. The number of hydrogen-bond donors (Lipinski definition) is 1. The third-order valence-corrected chi connectivity index (χ3v) is 4.49. The summed E-state index contributed by atoms with van der Waals surface area (Å²) >= 11 is 1.52. The highest BCUT2D eigenvalue weighted by molar-refractivity contribution is 7.07. The number of anilines is 1. The number of benzene rings is 2. The van der Waals surface area contributed by atoms with E-state index >= 15 is 0 Å². The maximum absolute atomic E-state index is 12.4. The van der Waals surface area contributed by atoms with Gasteiger partial charge in [-0.15, -0.1) is 11.3 Å². The first-order valence-electron chi connectivity index (χ1n) is 9.00. The Labute approximate surface area is 172 Å². The van der Waals surface area contributed by atoms with Crippen LogP contribution in [0.5, 0.6) is 5.75 Å². The van der Waals surface area contributed by atoms with Gasteiger partial charge in [0.15, 0.2) is 0 Å². The van der Waals surface area contributed by atoms with Crippen LogP contribution in [0.2, 0.25) is 0 Å². The Hall–Kier alpha value is -3.45. The monoisotopic (exact) mass is 408 g/mol. The van der Waals surface area contributed by atoms with E-state index in [-0.39, 0.29) is 11.9 Å². The van der Waals surface area contributed by atoms with Crippen molar-refractivity contribution in [1.29, 1.82) is 0 Å². The van der Waals surface area contributed by atoms with Crippen molar-refractivity contribution in [3.8, 4) is 5.75 Å². The fraction of sp³-hybridized carbons (Fsp3) is 0.136. The molecule has 1 aromatic heterocycles. The first-order valence-corrected chi connectivity index (χ1v) is 9.94. The van der Waals surface area contributed by atoms with E-state index in [0.717, 1.165) is 11.3 Å². The maximum atomic E-state index is 12.4. The molecule has 0 unspecified atom stereocenters. The molecule has 3 rings (SSSR count). The number of rotatable bonds is 8. The zero-order valence-electron chi connectivity index (χ0n) is 15.8. The highest BCUT2D eigenvalue weighted by Crippen LogP contribution is 2.16. The van der Waals surface area contributed by atoms with Gasteiger partial charge in [0.2, 0.25) is 0 Å². The molecular formula is C22H20N2O4S. The average molecular weight is 408 g/mol. The van der Waals surface area contributed by atoms with Crippen molar-refractivity contribution in [2.24, 2.45) is 0 Å². The van der Waals surface area contributed by atoms with Crippen LogP contribution in [0, 0.1) is 0 Å². The molecule has 0 saturated heterocycles. The van der Waals surface area contributed by atoms with Gasteiger partial charge in [-0.2, -0.15) is 0 Å². The van der Waals surface area contributed by atoms with E-state index in [4.69, 9.17) is 9.47 Å². The number of ether oxygens (including phenoxy) is 2. The minimum atomic E-state index is -0.385. The fourth-order valence-corrected chi connectivity index (χ4v) is 2.95. The van der Waals surface area contributed by atoms with Crippen LogP contribution in [0.1, 0.15) is 28.5 Å².